The van der Waals surface area contributed by atoms with Crippen molar-refractivity contribution in [2.45, 2.75) is 26.2 Å². The lowest BCUT2D eigenvalue weighted by Gasteiger charge is -2.22. The molecule has 3 aromatic rings. The summed E-state index contributed by atoms with van der Waals surface area (Å²) < 4.78 is 6.52. The van der Waals surface area contributed by atoms with E-state index in [2.05, 4.69) is 38.3 Å². The number of nitrogens with two attached hydrogens (primary N) is 1. The average Bonchev–Trinajstić information content (AvgIpc) is 2.62. The highest BCUT2D eigenvalue weighted by molar-refractivity contribution is 7.06. The van der Waals surface area contributed by atoms with E-state index in [9.17, 15) is 0 Å². The molecule has 0 unspecified atom stereocenters. The van der Waals surface area contributed by atoms with Gasteiger partial charge >= 0.3 is 0 Å². The Morgan fingerprint density at radius 3 is 2.22 bits per heavy atom. The van der Waals surface area contributed by atoms with Gasteiger partial charge in [-0.2, -0.15) is 0 Å². The van der Waals surface area contributed by atoms with Crippen LogP contribution in [0.25, 0.3) is 21.8 Å². The Bertz CT molecular complexity index is 985. The van der Waals surface area contributed by atoms with Crippen molar-refractivity contribution in [3.8, 4) is 0 Å². The second-order valence-electron chi connectivity index (χ2n) is 7.22. The molecule has 0 aliphatic carbocycles. The third kappa shape index (κ3) is 2.15. The summed E-state index contributed by atoms with van der Waals surface area (Å²) in [6.07, 6.45) is 0. The Balaban J connectivity index is 2.13. The highest BCUT2D eigenvalue weighted by Gasteiger charge is 2.46. The molecule has 1 aliphatic heterocycles. The first-order chi connectivity index (χ1) is 10.7. The molecule has 2 N–H and O–H groups in total. The van der Waals surface area contributed by atoms with Gasteiger partial charge in [-0.15, -0.1) is 0 Å². The molecule has 0 radical (unpaired) electrons. The van der Waals surface area contributed by atoms with E-state index in [-0.39, 0.29) is 0 Å². The maximum absolute atomic E-state index is 6.52. The molecule has 3 nitrogen and oxygen atoms in total. The van der Waals surface area contributed by atoms with E-state index in [4.69, 9.17) is 26.4 Å². The largest absolute Gasteiger partial charge is 0.449 e. The van der Waals surface area contributed by atoms with Crippen LogP contribution in [0.5, 0.6) is 0 Å². The molecule has 0 bridgehead atoms. The van der Waals surface area contributed by atoms with Gasteiger partial charge in [-0.1, -0.05) is 11.6 Å². The molecule has 0 saturated carbocycles. The third-order valence-corrected chi connectivity index (χ3v) is 12.7. The lowest BCUT2D eigenvalue weighted by atomic mass is 10.1. The summed E-state index contributed by atoms with van der Waals surface area (Å²) in [7, 11) is -3.71. The highest BCUT2D eigenvalue weighted by Crippen LogP contribution is 2.31. The van der Waals surface area contributed by atoms with Gasteiger partial charge < -0.3 is 9.85 Å². The van der Waals surface area contributed by atoms with Gasteiger partial charge in [-0.3, -0.25) is 0 Å². The van der Waals surface area contributed by atoms with Crippen molar-refractivity contribution >= 4 is 66.1 Å². The summed E-state index contributed by atoms with van der Waals surface area (Å²) in [4.78, 5) is 4.81. The number of fused-ring (bicyclic) bond motifs is 3. The summed E-state index contributed by atoms with van der Waals surface area (Å²) in [5.74, 6) is 0. The van der Waals surface area contributed by atoms with Gasteiger partial charge in [0.1, 0.15) is 0 Å². The topological polar surface area (TPSA) is 48.1 Å². The number of halogens is 1. The van der Waals surface area contributed by atoms with Crippen LogP contribution in [-0.4, -0.2) is 21.6 Å². The first-order valence-corrected chi connectivity index (χ1v) is 13.9. The van der Waals surface area contributed by atoms with Crippen LogP contribution in [0.1, 0.15) is 0 Å². The Morgan fingerprint density at radius 2 is 1.52 bits per heavy atom. The molecule has 6 heteroatoms. The fourth-order valence-electron chi connectivity index (χ4n) is 3.74. The van der Waals surface area contributed by atoms with E-state index in [1.165, 1.54) is 10.4 Å². The first kappa shape index (κ1) is 15.1. The predicted molar refractivity (Wildman–Crippen MR) is 104 cm³/mol. The van der Waals surface area contributed by atoms with Gasteiger partial charge in [0.15, 0.2) is 0 Å². The van der Waals surface area contributed by atoms with Crippen LogP contribution >= 0.6 is 11.6 Å². The van der Waals surface area contributed by atoms with E-state index in [1.54, 1.807) is 0 Å². The van der Waals surface area contributed by atoms with Gasteiger partial charge in [-0.05, 0) is 66.9 Å². The number of nitrogen functional groups attached to an aromatic ring is 1. The van der Waals surface area contributed by atoms with E-state index in [0.29, 0.717) is 5.02 Å². The molecule has 0 saturated heterocycles. The Hall–Kier alpha value is -1.41. The number of aromatic nitrogens is 1. The molecule has 2 aromatic carbocycles. The summed E-state index contributed by atoms with van der Waals surface area (Å²) in [5, 5.41) is 5.40. The lowest BCUT2D eigenvalue weighted by molar-refractivity contribution is 0.583. The highest BCUT2D eigenvalue weighted by atomic mass is 35.5. The molecule has 118 valence electrons. The van der Waals surface area contributed by atoms with Crippen molar-refractivity contribution in [3.63, 3.8) is 0 Å². The van der Waals surface area contributed by atoms with E-state index in [0.717, 1.165) is 27.5 Å². The van der Waals surface area contributed by atoms with Gasteiger partial charge in [0, 0.05) is 15.8 Å². The van der Waals surface area contributed by atoms with Crippen LogP contribution in [0.2, 0.25) is 31.2 Å². The van der Waals surface area contributed by atoms with Crippen molar-refractivity contribution < 1.29 is 4.12 Å². The molecule has 2 heterocycles. The zero-order valence-electron chi connectivity index (χ0n) is 13.7. The monoisotopic (exact) mass is 358 g/mol. The van der Waals surface area contributed by atoms with Crippen molar-refractivity contribution in [2.24, 2.45) is 0 Å². The van der Waals surface area contributed by atoms with Crippen LogP contribution in [0.15, 0.2) is 30.3 Å². The Labute approximate surface area is 142 Å². The Kier molecular flexibility index (Phi) is 3.01. The second-order valence-corrected chi connectivity index (χ2v) is 15.6. The third-order valence-electron chi connectivity index (χ3n) is 4.72. The van der Waals surface area contributed by atoms with E-state index in [1.807, 2.05) is 18.2 Å². The maximum Gasteiger partial charge on any atom is 0.206 e. The number of anilines is 1. The standard InChI is InChI=1S/C17H19ClN2OSi2/c1-22(2)15-8-12-14(9-16(15)23(3,4)21-22)20-13-7-10(18)5-6-11(13)17(12)19/h5-9H,1-4H3,(H2,19,20). The van der Waals surface area contributed by atoms with Gasteiger partial charge in [0.05, 0.1) is 16.7 Å². The fraction of sp³-hybridized carbons (Fsp3) is 0.235. The quantitative estimate of drug-likeness (QED) is 0.494. The van der Waals surface area contributed by atoms with Crippen molar-refractivity contribution in [2.75, 3.05) is 5.73 Å². The minimum Gasteiger partial charge on any atom is -0.449 e. The summed E-state index contributed by atoms with van der Waals surface area (Å²) >= 11 is 6.11. The second kappa shape index (κ2) is 4.57. The van der Waals surface area contributed by atoms with E-state index < -0.39 is 16.6 Å². The SMILES string of the molecule is C[Si]1(C)O[Si](C)(C)c2cc3c(N)c4ccc(Cl)cc4nc3cc21. The Morgan fingerprint density at radius 1 is 0.913 bits per heavy atom. The minimum absolute atomic E-state index is 0.677. The first-order valence-electron chi connectivity index (χ1n) is 7.73. The lowest BCUT2D eigenvalue weighted by Crippen LogP contribution is -2.44. The summed E-state index contributed by atoms with van der Waals surface area (Å²) in [5.41, 5.74) is 9.02. The molecule has 1 aliphatic rings. The number of pyridine rings is 1. The number of rotatable bonds is 0. The minimum atomic E-state index is -1.86. The van der Waals surface area contributed by atoms with Crippen molar-refractivity contribution in [1.29, 1.82) is 0 Å². The normalized spacial score (nSPS) is 18.5. The molecule has 0 spiro atoms. The number of hydrogen-bond acceptors (Lipinski definition) is 3. The maximum atomic E-state index is 6.52. The fourth-order valence-corrected chi connectivity index (χ4v) is 14.1. The van der Waals surface area contributed by atoms with Crippen molar-refractivity contribution in [3.05, 3.63) is 35.4 Å². The van der Waals surface area contributed by atoms with Gasteiger partial charge in [0.25, 0.3) is 0 Å². The van der Waals surface area contributed by atoms with E-state index >= 15 is 0 Å². The molecular formula is C17H19ClN2OSi2. The van der Waals surface area contributed by atoms with Crippen molar-refractivity contribution in [1.82, 2.24) is 4.98 Å². The zero-order chi connectivity index (χ0) is 16.6. The van der Waals surface area contributed by atoms with Gasteiger partial charge in [-0.25, -0.2) is 4.98 Å². The molecule has 4 rings (SSSR count). The van der Waals surface area contributed by atoms with Crippen LogP contribution in [0.4, 0.5) is 5.69 Å². The zero-order valence-corrected chi connectivity index (χ0v) is 16.5. The smallest absolute Gasteiger partial charge is 0.206 e. The molecular weight excluding hydrogens is 340 g/mol. The molecule has 0 fully saturated rings. The van der Waals surface area contributed by atoms with Gasteiger partial charge in [0.2, 0.25) is 16.6 Å². The van der Waals surface area contributed by atoms with Crippen LogP contribution in [-0.2, 0) is 4.12 Å². The number of hydrogen-bond donors (Lipinski definition) is 1. The summed E-state index contributed by atoms with van der Waals surface area (Å²) in [6.45, 7) is 9.06. The molecule has 23 heavy (non-hydrogen) atoms. The predicted octanol–water partition coefficient (Wildman–Crippen LogP) is 3.48. The van der Waals surface area contributed by atoms with Crippen LogP contribution in [0, 0.1) is 0 Å². The number of benzene rings is 2. The summed E-state index contributed by atoms with van der Waals surface area (Å²) in [6, 6.07) is 10.1. The molecule has 0 amide bonds. The average molecular weight is 359 g/mol. The van der Waals surface area contributed by atoms with Crippen LogP contribution in [0.3, 0.4) is 0 Å². The van der Waals surface area contributed by atoms with Crippen LogP contribution < -0.4 is 16.1 Å². The molecule has 0 atom stereocenters. The molecule has 1 aromatic heterocycles. The number of nitrogens with zero attached hydrogens (tertiary/aromatic N) is 1.